The summed E-state index contributed by atoms with van der Waals surface area (Å²) in [6, 6.07) is 0. The van der Waals surface area contributed by atoms with E-state index in [0.717, 1.165) is 6.08 Å². The van der Waals surface area contributed by atoms with E-state index in [0.29, 0.717) is 0 Å². The van der Waals surface area contributed by atoms with Crippen LogP contribution in [0, 0.1) is 6.92 Å². The van der Waals surface area contributed by atoms with Crippen LogP contribution >= 0.6 is 0 Å². The fraction of sp³-hybridized carbons (Fsp3) is 0.333. The number of carbonyl (C=O) groups excluding carboxylic acids is 1. The minimum Gasteiger partial charge on any atom is -0.466 e. The molecule has 5 nitrogen and oxygen atoms in total. The molecule has 0 fully saturated rings. The molecule has 0 spiro atoms. The fourth-order valence-corrected chi connectivity index (χ4v) is 0.936. The molecule has 1 heterocycles. The number of aryl methyl sites for hydroxylation is 1. The predicted molar refractivity (Wildman–Crippen MR) is 48.9 cm³/mol. The molecule has 0 unspecified atom stereocenters. The molecule has 1 aromatic rings. The van der Waals surface area contributed by atoms with E-state index in [1.54, 1.807) is 0 Å². The molecule has 0 aromatic carbocycles. The summed E-state index contributed by atoms with van der Waals surface area (Å²) < 4.78 is 37.0. The maximum absolute atomic E-state index is 12.0. The summed E-state index contributed by atoms with van der Waals surface area (Å²) in [5, 5.41) is 3.28. The third kappa shape index (κ3) is 3.04. The largest absolute Gasteiger partial charge is 0.466 e. The van der Waals surface area contributed by atoms with Crippen LogP contribution in [-0.4, -0.2) is 24.8 Å². The van der Waals surface area contributed by atoms with Gasteiger partial charge < -0.3 is 14.0 Å². The standard InChI is InChI=1S/C9H9F2NO4/c1-5-6(3-4-7(13)14-2)8(12-16-5)15-9(10)11/h3-4,9H,1-2H3/b4-3+. The molecule has 16 heavy (non-hydrogen) atoms. The number of hydrogen-bond acceptors (Lipinski definition) is 5. The van der Waals surface area contributed by atoms with Gasteiger partial charge in [0.05, 0.1) is 12.7 Å². The van der Waals surface area contributed by atoms with E-state index in [1.165, 1.54) is 20.1 Å². The SMILES string of the molecule is COC(=O)/C=C/c1c(OC(F)F)noc1C. The molecular formula is C9H9F2NO4. The highest BCUT2D eigenvalue weighted by molar-refractivity contribution is 5.87. The van der Waals surface area contributed by atoms with Crippen LogP contribution < -0.4 is 4.74 Å². The maximum Gasteiger partial charge on any atom is 0.388 e. The Bertz CT molecular complexity index is 400. The summed E-state index contributed by atoms with van der Waals surface area (Å²) in [6.07, 6.45) is 2.28. The van der Waals surface area contributed by atoms with Crippen molar-refractivity contribution >= 4 is 12.0 Å². The van der Waals surface area contributed by atoms with E-state index in [-0.39, 0.29) is 17.2 Å². The highest BCUT2D eigenvalue weighted by Crippen LogP contribution is 2.23. The normalized spacial score (nSPS) is 11.1. The number of ether oxygens (including phenoxy) is 2. The van der Waals surface area contributed by atoms with Crippen LogP contribution in [-0.2, 0) is 9.53 Å². The Labute approximate surface area is 89.6 Å². The quantitative estimate of drug-likeness (QED) is 0.585. The second-order valence-electron chi connectivity index (χ2n) is 2.69. The van der Waals surface area contributed by atoms with Gasteiger partial charge in [-0.05, 0) is 18.2 Å². The van der Waals surface area contributed by atoms with Crippen LogP contribution in [0.25, 0.3) is 6.08 Å². The number of hydrogen-bond donors (Lipinski definition) is 0. The third-order valence-electron chi connectivity index (χ3n) is 1.66. The van der Waals surface area contributed by atoms with Gasteiger partial charge in [-0.2, -0.15) is 8.78 Å². The van der Waals surface area contributed by atoms with Crippen LogP contribution in [0.5, 0.6) is 5.88 Å². The summed E-state index contributed by atoms with van der Waals surface area (Å²) in [5.41, 5.74) is 0.172. The molecular weight excluding hydrogens is 224 g/mol. The van der Waals surface area contributed by atoms with Gasteiger partial charge in [-0.15, -0.1) is 0 Å². The minimum atomic E-state index is -3.00. The monoisotopic (exact) mass is 233 g/mol. The highest BCUT2D eigenvalue weighted by atomic mass is 19.3. The average molecular weight is 233 g/mol. The lowest BCUT2D eigenvalue weighted by Gasteiger charge is -1.99. The number of halogens is 2. The van der Waals surface area contributed by atoms with Crippen molar-refractivity contribution < 1.29 is 27.6 Å². The second-order valence-corrected chi connectivity index (χ2v) is 2.69. The van der Waals surface area contributed by atoms with Crippen molar-refractivity contribution in [3.05, 3.63) is 17.4 Å². The van der Waals surface area contributed by atoms with Gasteiger partial charge in [-0.1, -0.05) is 0 Å². The second kappa shape index (κ2) is 5.24. The number of esters is 1. The highest BCUT2D eigenvalue weighted by Gasteiger charge is 2.15. The molecule has 0 radical (unpaired) electrons. The summed E-state index contributed by atoms with van der Waals surface area (Å²) >= 11 is 0. The van der Waals surface area contributed by atoms with Gasteiger partial charge in [0.25, 0.3) is 5.88 Å². The molecule has 0 N–H and O–H groups in total. The first-order valence-corrected chi connectivity index (χ1v) is 4.21. The van der Waals surface area contributed by atoms with Crippen molar-refractivity contribution in [3.8, 4) is 5.88 Å². The summed E-state index contributed by atoms with van der Waals surface area (Å²) in [5.74, 6) is -0.730. The zero-order chi connectivity index (χ0) is 12.1. The maximum atomic E-state index is 12.0. The lowest BCUT2D eigenvalue weighted by atomic mass is 10.2. The molecule has 0 bridgehead atoms. The summed E-state index contributed by atoms with van der Waals surface area (Å²) in [4.78, 5) is 10.8. The molecule has 0 amide bonds. The molecule has 1 rings (SSSR count). The zero-order valence-corrected chi connectivity index (χ0v) is 8.57. The third-order valence-corrected chi connectivity index (χ3v) is 1.66. The van der Waals surface area contributed by atoms with Gasteiger partial charge in [0.1, 0.15) is 5.76 Å². The predicted octanol–water partition coefficient (Wildman–Crippen LogP) is 1.77. The van der Waals surface area contributed by atoms with E-state index < -0.39 is 12.6 Å². The fourth-order valence-electron chi connectivity index (χ4n) is 0.936. The number of methoxy groups -OCH3 is 1. The van der Waals surface area contributed by atoms with Gasteiger partial charge in [-0.25, -0.2) is 4.79 Å². The lowest BCUT2D eigenvalue weighted by Crippen LogP contribution is -2.03. The Morgan fingerprint density at radius 2 is 2.25 bits per heavy atom. The Balaban J connectivity index is 2.89. The van der Waals surface area contributed by atoms with Crippen molar-refractivity contribution in [2.45, 2.75) is 13.5 Å². The van der Waals surface area contributed by atoms with Crippen LogP contribution in [0.1, 0.15) is 11.3 Å². The first kappa shape index (κ1) is 12.2. The molecule has 0 saturated carbocycles. The van der Waals surface area contributed by atoms with E-state index in [2.05, 4.69) is 19.2 Å². The molecule has 0 aliphatic carbocycles. The molecule has 0 aliphatic heterocycles. The topological polar surface area (TPSA) is 61.6 Å². The summed E-state index contributed by atoms with van der Waals surface area (Å²) in [6.45, 7) is -1.50. The van der Waals surface area contributed by atoms with Crippen LogP contribution in [0.4, 0.5) is 8.78 Å². The zero-order valence-electron chi connectivity index (χ0n) is 8.57. The molecule has 0 saturated heterocycles. The Morgan fingerprint density at radius 1 is 1.56 bits per heavy atom. The van der Waals surface area contributed by atoms with Gasteiger partial charge in [0, 0.05) is 6.08 Å². The van der Waals surface area contributed by atoms with E-state index >= 15 is 0 Å². The molecule has 0 atom stereocenters. The van der Waals surface area contributed by atoms with Gasteiger partial charge in [0.15, 0.2) is 0 Å². The van der Waals surface area contributed by atoms with Crippen molar-refractivity contribution in [3.63, 3.8) is 0 Å². The van der Waals surface area contributed by atoms with E-state index in [4.69, 9.17) is 0 Å². The van der Waals surface area contributed by atoms with Gasteiger partial charge in [-0.3, -0.25) is 0 Å². The Morgan fingerprint density at radius 3 is 2.81 bits per heavy atom. The number of aromatic nitrogens is 1. The number of alkyl halides is 2. The minimum absolute atomic E-state index is 0.172. The number of nitrogens with zero attached hydrogens (tertiary/aromatic N) is 1. The smallest absolute Gasteiger partial charge is 0.388 e. The summed E-state index contributed by atoms with van der Waals surface area (Å²) in [7, 11) is 1.20. The van der Waals surface area contributed by atoms with E-state index in [1.807, 2.05) is 0 Å². The van der Waals surface area contributed by atoms with E-state index in [9.17, 15) is 13.6 Å². The lowest BCUT2D eigenvalue weighted by molar-refractivity contribution is -0.134. The van der Waals surface area contributed by atoms with Crippen molar-refractivity contribution in [2.24, 2.45) is 0 Å². The Hall–Kier alpha value is -1.92. The molecule has 88 valence electrons. The first-order valence-electron chi connectivity index (χ1n) is 4.21. The van der Waals surface area contributed by atoms with Gasteiger partial charge >= 0.3 is 12.6 Å². The van der Waals surface area contributed by atoms with Crippen molar-refractivity contribution in [1.29, 1.82) is 0 Å². The molecule has 1 aromatic heterocycles. The van der Waals surface area contributed by atoms with Gasteiger partial charge in [0.2, 0.25) is 0 Å². The van der Waals surface area contributed by atoms with Crippen LogP contribution in [0.3, 0.4) is 0 Å². The van der Waals surface area contributed by atoms with Crippen LogP contribution in [0.15, 0.2) is 10.6 Å². The molecule has 0 aliphatic rings. The Kier molecular flexibility index (Phi) is 3.98. The number of rotatable bonds is 4. The van der Waals surface area contributed by atoms with Crippen molar-refractivity contribution in [1.82, 2.24) is 5.16 Å². The number of carbonyl (C=O) groups is 1. The average Bonchev–Trinajstić information content (AvgIpc) is 2.56. The molecule has 7 heteroatoms. The van der Waals surface area contributed by atoms with Crippen LogP contribution in [0.2, 0.25) is 0 Å². The first-order chi connectivity index (χ1) is 7.54. The van der Waals surface area contributed by atoms with Crippen molar-refractivity contribution in [2.75, 3.05) is 7.11 Å².